The summed E-state index contributed by atoms with van der Waals surface area (Å²) < 4.78 is 6.76. The first-order chi connectivity index (χ1) is 14.0. The highest BCUT2D eigenvalue weighted by Crippen LogP contribution is 2.41. The molecule has 0 N–H and O–H groups in total. The molecule has 0 bridgehead atoms. The van der Waals surface area contributed by atoms with Crippen molar-refractivity contribution >= 4 is 50.1 Å². The quantitative estimate of drug-likeness (QED) is 0.366. The first kappa shape index (κ1) is 18.2. The minimum Gasteiger partial charge on any atom is -0.450 e. The van der Waals surface area contributed by atoms with Gasteiger partial charge in [0.2, 0.25) is 5.76 Å². The fourth-order valence-electron chi connectivity index (χ4n) is 3.77. The predicted octanol–water partition coefficient (Wildman–Crippen LogP) is 5.96. The fourth-order valence-corrected chi connectivity index (χ4v) is 4.29. The van der Waals surface area contributed by atoms with Gasteiger partial charge < -0.3 is 4.42 Å². The summed E-state index contributed by atoms with van der Waals surface area (Å²) in [5.41, 5.74) is 1.99. The van der Waals surface area contributed by atoms with Crippen LogP contribution < -0.4 is 10.3 Å². The van der Waals surface area contributed by atoms with Crippen LogP contribution in [0.2, 0.25) is 5.02 Å². The zero-order valence-electron chi connectivity index (χ0n) is 14.9. The third kappa shape index (κ3) is 2.89. The van der Waals surface area contributed by atoms with Crippen LogP contribution in [0.4, 0.5) is 5.69 Å². The van der Waals surface area contributed by atoms with Crippen molar-refractivity contribution < 1.29 is 9.21 Å². The van der Waals surface area contributed by atoms with E-state index in [1.807, 2.05) is 36.4 Å². The van der Waals surface area contributed by atoms with Crippen LogP contribution in [0, 0.1) is 0 Å². The van der Waals surface area contributed by atoms with Crippen molar-refractivity contribution in [2.75, 3.05) is 4.90 Å². The third-order valence-electron chi connectivity index (χ3n) is 5.05. The summed E-state index contributed by atoms with van der Waals surface area (Å²) >= 11 is 9.52. The van der Waals surface area contributed by atoms with E-state index in [9.17, 15) is 9.59 Å². The van der Waals surface area contributed by atoms with Gasteiger partial charge in [0.25, 0.3) is 5.91 Å². The molecule has 6 heteroatoms. The Balaban J connectivity index is 1.82. The summed E-state index contributed by atoms with van der Waals surface area (Å²) in [6.07, 6.45) is 0. The maximum atomic E-state index is 13.4. The van der Waals surface area contributed by atoms with E-state index in [1.54, 1.807) is 41.3 Å². The number of anilines is 1. The minimum absolute atomic E-state index is 0.0774. The number of rotatable bonds is 2. The summed E-state index contributed by atoms with van der Waals surface area (Å²) in [5, 5.41) is 1.03. The van der Waals surface area contributed by atoms with E-state index in [1.165, 1.54) is 0 Å². The van der Waals surface area contributed by atoms with Crippen LogP contribution >= 0.6 is 27.5 Å². The molecular weight excluding hydrogens is 454 g/mol. The summed E-state index contributed by atoms with van der Waals surface area (Å²) in [5.74, 6) is -0.269. The van der Waals surface area contributed by atoms with E-state index in [0.717, 1.165) is 10.0 Å². The maximum Gasteiger partial charge on any atom is 0.295 e. The van der Waals surface area contributed by atoms with Crippen molar-refractivity contribution in [2.45, 2.75) is 6.04 Å². The van der Waals surface area contributed by atoms with Gasteiger partial charge >= 0.3 is 0 Å². The molecule has 1 aromatic heterocycles. The van der Waals surface area contributed by atoms with E-state index < -0.39 is 6.04 Å². The lowest BCUT2D eigenvalue weighted by atomic mass is 9.98. The Bertz CT molecular complexity index is 1330. The number of halogens is 2. The molecule has 142 valence electrons. The molecule has 3 aromatic carbocycles. The first-order valence-electron chi connectivity index (χ1n) is 8.95. The summed E-state index contributed by atoms with van der Waals surface area (Å²) in [7, 11) is 0. The van der Waals surface area contributed by atoms with Crippen LogP contribution in [0.3, 0.4) is 0 Å². The Kier molecular flexibility index (Phi) is 4.30. The lowest BCUT2D eigenvalue weighted by Crippen LogP contribution is -2.29. The van der Waals surface area contributed by atoms with Crippen LogP contribution in [0.1, 0.15) is 27.7 Å². The minimum atomic E-state index is -0.607. The number of fused-ring (bicyclic) bond motifs is 2. The van der Waals surface area contributed by atoms with E-state index in [4.69, 9.17) is 16.0 Å². The standard InChI is InChI=1S/C23H13BrClNO3/c24-14-4-3-5-16(12-14)26-20(13-8-10-15(25)11-9-13)19-21(27)17-6-1-2-7-18(17)29-22(19)23(26)28/h1-12,20H. The number of benzene rings is 3. The van der Waals surface area contributed by atoms with Gasteiger partial charge in [-0.1, -0.05) is 57.9 Å². The third-order valence-corrected chi connectivity index (χ3v) is 5.79. The topological polar surface area (TPSA) is 50.5 Å². The lowest BCUT2D eigenvalue weighted by molar-refractivity contribution is 0.0971. The highest BCUT2D eigenvalue weighted by atomic mass is 79.9. The van der Waals surface area contributed by atoms with Gasteiger partial charge in [0.1, 0.15) is 5.58 Å². The number of amides is 1. The van der Waals surface area contributed by atoms with Gasteiger partial charge in [-0.2, -0.15) is 0 Å². The second-order valence-corrected chi connectivity index (χ2v) is 8.13. The molecule has 1 amide bonds. The van der Waals surface area contributed by atoms with Gasteiger partial charge in [0.05, 0.1) is 17.0 Å². The Morgan fingerprint density at radius 3 is 2.45 bits per heavy atom. The predicted molar refractivity (Wildman–Crippen MR) is 117 cm³/mol. The fraction of sp³-hybridized carbons (Fsp3) is 0.0435. The molecule has 1 aliphatic heterocycles. The normalized spacial score (nSPS) is 15.7. The number of hydrogen-bond donors (Lipinski definition) is 0. The van der Waals surface area contributed by atoms with Crippen molar-refractivity contribution in [3.05, 3.63) is 109 Å². The van der Waals surface area contributed by atoms with Crippen molar-refractivity contribution in [2.24, 2.45) is 0 Å². The van der Waals surface area contributed by atoms with Gasteiger partial charge in [-0.05, 0) is 48.0 Å². The molecular formula is C23H13BrClNO3. The molecule has 0 radical (unpaired) electrons. The number of carbonyl (C=O) groups excluding carboxylic acids is 1. The highest BCUT2D eigenvalue weighted by Gasteiger charge is 2.43. The molecule has 4 aromatic rings. The molecule has 0 saturated carbocycles. The van der Waals surface area contributed by atoms with Crippen LogP contribution in [-0.4, -0.2) is 5.91 Å². The zero-order chi connectivity index (χ0) is 20.1. The summed E-state index contributed by atoms with van der Waals surface area (Å²) in [6, 6.07) is 20.9. The average molecular weight is 467 g/mol. The van der Waals surface area contributed by atoms with Crippen molar-refractivity contribution in [1.82, 2.24) is 0 Å². The van der Waals surface area contributed by atoms with Gasteiger partial charge in [0, 0.05) is 15.2 Å². The highest BCUT2D eigenvalue weighted by molar-refractivity contribution is 9.10. The van der Waals surface area contributed by atoms with Gasteiger partial charge in [-0.25, -0.2) is 0 Å². The molecule has 0 fully saturated rings. The van der Waals surface area contributed by atoms with Gasteiger partial charge in [0.15, 0.2) is 5.43 Å². The van der Waals surface area contributed by atoms with E-state index in [-0.39, 0.29) is 17.1 Å². The maximum absolute atomic E-state index is 13.4. The monoisotopic (exact) mass is 465 g/mol. The molecule has 2 heterocycles. The summed E-state index contributed by atoms with van der Waals surface area (Å²) in [6.45, 7) is 0. The van der Waals surface area contributed by atoms with Crippen molar-refractivity contribution in [3.63, 3.8) is 0 Å². The molecule has 5 rings (SSSR count). The molecule has 0 aliphatic carbocycles. The summed E-state index contributed by atoms with van der Waals surface area (Å²) in [4.78, 5) is 28.4. The first-order valence-corrected chi connectivity index (χ1v) is 10.1. The Hall–Kier alpha value is -2.89. The Morgan fingerprint density at radius 1 is 0.931 bits per heavy atom. The second kappa shape index (κ2) is 6.87. The van der Waals surface area contributed by atoms with Crippen molar-refractivity contribution in [1.29, 1.82) is 0 Å². The molecule has 0 spiro atoms. The van der Waals surface area contributed by atoms with Crippen LogP contribution in [0.5, 0.6) is 0 Å². The smallest absolute Gasteiger partial charge is 0.295 e. The van der Waals surface area contributed by atoms with Crippen LogP contribution in [0.15, 0.2) is 86.5 Å². The number of hydrogen-bond acceptors (Lipinski definition) is 3. The number of carbonyl (C=O) groups is 1. The SMILES string of the molecule is O=C1c2oc3ccccc3c(=O)c2C(c2ccc(Cl)cc2)N1c1cccc(Br)c1. The second-order valence-electron chi connectivity index (χ2n) is 6.78. The molecule has 29 heavy (non-hydrogen) atoms. The van der Waals surface area contributed by atoms with Crippen LogP contribution in [0.25, 0.3) is 11.0 Å². The molecule has 1 aliphatic rings. The lowest BCUT2D eigenvalue weighted by Gasteiger charge is -2.25. The molecule has 0 saturated heterocycles. The molecule has 1 unspecified atom stereocenters. The number of nitrogens with zero attached hydrogens (tertiary/aromatic N) is 1. The van der Waals surface area contributed by atoms with Gasteiger partial charge in [-0.3, -0.25) is 14.5 Å². The van der Waals surface area contributed by atoms with Crippen molar-refractivity contribution in [3.8, 4) is 0 Å². The van der Waals surface area contributed by atoms with Gasteiger partial charge in [-0.15, -0.1) is 0 Å². The molecule has 1 atom stereocenters. The van der Waals surface area contributed by atoms with E-state index in [2.05, 4.69) is 15.9 Å². The van der Waals surface area contributed by atoms with E-state index >= 15 is 0 Å². The Labute approximate surface area is 179 Å². The largest absolute Gasteiger partial charge is 0.450 e. The Morgan fingerprint density at radius 2 is 1.69 bits per heavy atom. The molecule has 4 nitrogen and oxygen atoms in total. The van der Waals surface area contributed by atoms with Crippen LogP contribution in [-0.2, 0) is 0 Å². The number of para-hydroxylation sites is 1. The van der Waals surface area contributed by atoms with E-state index in [0.29, 0.717) is 27.2 Å². The zero-order valence-corrected chi connectivity index (χ0v) is 17.3. The average Bonchev–Trinajstić information content (AvgIpc) is 3.02.